The van der Waals surface area contributed by atoms with Crippen molar-refractivity contribution in [2.24, 2.45) is 7.05 Å². The van der Waals surface area contributed by atoms with E-state index in [1.165, 1.54) is 0 Å². The summed E-state index contributed by atoms with van der Waals surface area (Å²) < 4.78 is 41.3. The summed E-state index contributed by atoms with van der Waals surface area (Å²) in [5.41, 5.74) is 5.07. The number of hydrogen-bond donors (Lipinski definition) is 3. The van der Waals surface area contributed by atoms with E-state index in [9.17, 15) is 13.2 Å². The van der Waals surface area contributed by atoms with E-state index < -0.39 is 12.7 Å². The smallest absolute Gasteiger partial charge is 0.375 e. The van der Waals surface area contributed by atoms with Crippen LogP contribution in [0.15, 0.2) is 60.9 Å². The minimum absolute atomic E-state index is 0.336. The van der Waals surface area contributed by atoms with Gasteiger partial charge in [0.15, 0.2) is 0 Å². The number of H-pyrrole nitrogens is 1. The minimum atomic E-state index is -4.35. The Morgan fingerprint density at radius 1 is 0.974 bits per heavy atom. The molecule has 0 atom stereocenters. The number of aryl methyl sites for hydroxylation is 1. The maximum Gasteiger partial charge on any atom is 0.405 e. The number of nitrogens with one attached hydrogen (secondary N) is 3. The molecule has 0 aliphatic carbocycles. The first-order valence-electron chi connectivity index (χ1n) is 12.6. The molecule has 0 fully saturated rings. The topological polar surface area (TPSA) is 77.0 Å². The standard InChI is InChI=1S/C28H31F3N8/c1-37(2)13-14-38(3)24-10-9-18(15-22(24)33-17-28(29,30)31)34-27-35-25(20-11-12-32-26(20)36-27)21-16-39(4)23-8-6-5-7-19(21)23/h5-12,15-16,33H,13-14,17H2,1-4H3,(H2,32,34,35,36). The molecule has 5 aromatic rings. The summed E-state index contributed by atoms with van der Waals surface area (Å²) in [6.07, 6.45) is -0.492. The zero-order chi connectivity index (χ0) is 27.7. The van der Waals surface area contributed by atoms with E-state index >= 15 is 0 Å². The third-order valence-electron chi connectivity index (χ3n) is 6.59. The van der Waals surface area contributed by atoms with Gasteiger partial charge in [0.25, 0.3) is 0 Å². The van der Waals surface area contributed by atoms with Crippen LogP contribution in [0.2, 0.25) is 0 Å². The maximum atomic E-state index is 13.1. The van der Waals surface area contributed by atoms with Gasteiger partial charge in [-0.3, -0.25) is 0 Å². The van der Waals surface area contributed by atoms with Crippen LogP contribution in [0.4, 0.5) is 36.2 Å². The van der Waals surface area contributed by atoms with Gasteiger partial charge in [0.2, 0.25) is 5.95 Å². The molecule has 11 heteroatoms. The van der Waals surface area contributed by atoms with Crippen LogP contribution in [-0.2, 0) is 7.05 Å². The molecule has 39 heavy (non-hydrogen) atoms. The van der Waals surface area contributed by atoms with Crippen molar-refractivity contribution in [2.45, 2.75) is 6.18 Å². The van der Waals surface area contributed by atoms with Gasteiger partial charge < -0.3 is 30.0 Å². The molecule has 0 unspecified atom stereocenters. The predicted molar refractivity (Wildman–Crippen MR) is 152 cm³/mol. The summed E-state index contributed by atoms with van der Waals surface area (Å²) in [5, 5.41) is 7.71. The molecule has 3 N–H and O–H groups in total. The Bertz CT molecular complexity index is 1600. The highest BCUT2D eigenvalue weighted by atomic mass is 19.4. The van der Waals surface area contributed by atoms with Gasteiger partial charge in [0, 0.05) is 67.1 Å². The van der Waals surface area contributed by atoms with Crippen molar-refractivity contribution in [3.05, 3.63) is 60.9 Å². The summed E-state index contributed by atoms with van der Waals surface area (Å²) in [5.74, 6) is 0.336. The van der Waals surface area contributed by atoms with Gasteiger partial charge in [0.1, 0.15) is 12.2 Å². The number of alkyl halides is 3. The van der Waals surface area contributed by atoms with Crippen LogP contribution >= 0.6 is 0 Å². The van der Waals surface area contributed by atoms with Gasteiger partial charge in [-0.2, -0.15) is 18.2 Å². The number of aromatic amines is 1. The van der Waals surface area contributed by atoms with Crippen LogP contribution in [0, 0.1) is 0 Å². The van der Waals surface area contributed by atoms with Crippen LogP contribution in [0.5, 0.6) is 0 Å². The Kier molecular flexibility index (Phi) is 7.09. The van der Waals surface area contributed by atoms with Crippen molar-refractivity contribution in [1.82, 2.24) is 24.4 Å². The predicted octanol–water partition coefficient (Wildman–Crippen LogP) is 5.83. The first-order chi connectivity index (χ1) is 18.6. The van der Waals surface area contributed by atoms with E-state index in [0.717, 1.165) is 34.1 Å². The van der Waals surface area contributed by atoms with Crippen molar-refractivity contribution in [1.29, 1.82) is 0 Å². The molecule has 204 valence electrons. The van der Waals surface area contributed by atoms with Gasteiger partial charge in [0.05, 0.1) is 17.1 Å². The molecule has 8 nitrogen and oxygen atoms in total. The van der Waals surface area contributed by atoms with Crippen molar-refractivity contribution in [3.63, 3.8) is 0 Å². The fourth-order valence-electron chi connectivity index (χ4n) is 4.62. The molecule has 0 spiro atoms. The minimum Gasteiger partial charge on any atom is -0.375 e. The summed E-state index contributed by atoms with van der Waals surface area (Å²) in [7, 11) is 7.77. The van der Waals surface area contributed by atoms with Crippen LogP contribution in [-0.4, -0.2) is 71.4 Å². The lowest BCUT2D eigenvalue weighted by Gasteiger charge is -2.25. The van der Waals surface area contributed by atoms with Gasteiger partial charge in [-0.25, -0.2) is 4.98 Å². The lowest BCUT2D eigenvalue weighted by atomic mass is 10.1. The highest BCUT2D eigenvalue weighted by Crippen LogP contribution is 2.35. The molecule has 0 aliphatic rings. The molecule has 3 heterocycles. The lowest BCUT2D eigenvalue weighted by Crippen LogP contribution is -2.29. The third kappa shape index (κ3) is 5.78. The molecule has 3 aromatic heterocycles. The van der Waals surface area contributed by atoms with E-state index in [1.54, 1.807) is 12.1 Å². The Balaban J connectivity index is 1.51. The molecule has 0 saturated carbocycles. The Hall–Kier alpha value is -4.25. The Morgan fingerprint density at radius 2 is 1.77 bits per heavy atom. The number of hydrogen-bond acceptors (Lipinski definition) is 6. The van der Waals surface area contributed by atoms with Crippen LogP contribution in [0.1, 0.15) is 0 Å². The van der Waals surface area contributed by atoms with Gasteiger partial charge in [-0.1, -0.05) is 18.2 Å². The molecule has 0 radical (unpaired) electrons. The highest BCUT2D eigenvalue weighted by molar-refractivity contribution is 6.02. The number of benzene rings is 2. The van der Waals surface area contributed by atoms with E-state index in [-0.39, 0.29) is 0 Å². The number of para-hydroxylation sites is 1. The van der Waals surface area contributed by atoms with Crippen molar-refractivity contribution >= 4 is 44.9 Å². The molecular formula is C28H31F3N8. The molecule has 0 saturated heterocycles. The normalized spacial score (nSPS) is 12.0. The monoisotopic (exact) mass is 536 g/mol. The van der Waals surface area contributed by atoms with Gasteiger partial charge in [-0.05, 0) is 44.4 Å². The number of anilines is 4. The second kappa shape index (κ2) is 10.5. The number of nitrogens with zero attached hydrogens (tertiary/aromatic N) is 5. The van der Waals surface area contributed by atoms with E-state index in [2.05, 4.69) is 37.3 Å². The van der Waals surface area contributed by atoms with Crippen molar-refractivity contribution < 1.29 is 13.2 Å². The number of rotatable bonds is 9. The first kappa shape index (κ1) is 26.4. The SMILES string of the molecule is CN(C)CCN(C)c1ccc(Nc2nc(-c3cn(C)c4ccccc34)c3cc[nH]c3n2)cc1NCC(F)(F)F. The average Bonchev–Trinajstić information content (AvgIpc) is 3.50. The van der Waals surface area contributed by atoms with E-state index in [0.29, 0.717) is 35.2 Å². The average molecular weight is 537 g/mol. The second-order valence-electron chi connectivity index (χ2n) is 9.86. The molecule has 2 aromatic carbocycles. The first-order valence-corrected chi connectivity index (χ1v) is 12.6. The van der Waals surface area contributed by atoms with Crippen LogP contribution in [0.3, 0.4) is 0 Å². The molecular weight excluding hydrogens is 505 g/mol. The fourth-order valence-corrected chi connectivity index (χ4v) is 4.62. The molecule has 5 rings (SSSR count). The number of likely N-dealkylation sites (N-methyl/N-ethyl adjacent to an activating group) is 2. The second-order valence-corrected chi connectivity index (χ2v) is 9.86. The lowest BCUT2D eigenvalue weighted by molar-refractivity contribution is -0.115. The van der Waals surface area contributed by atoms with Crippen molar-refractivity contribution in [3.8, 4) is 11.3 Å². The Morgan fingerprint density at radius 3 is 2.54 bits per heavy atom. The summed E-state index contributed by atoms with van der Waals surface area (Å²) in [6.45, 7) is 0.277. The maximum absolute atomic E-state index is 13.1. The number of fused-ring (bicyclic) bond motifs is 2. The Labute approximate surface area is 224 Å². The van der Waals surface area contributed by atoms with Crippen molar-refractivity contribution in [2.75, 3.05) is 56.3 Å². The van der Waals surface area contributed by atoms with Crippen LogP contribution in [0.25, 0.3) is 33.2 Å². The molecule has 0 aliphatic heterocycles. The quantitative estimate of drug-likeness (QED) is 0.220. The number of halogens is 3. The number of aromatic nitrogens is 4. The highest BCUT2D eigenvalue weighted by Gasteiger charge is 2.27. The summed E-state index contributed by atoms with van der Waals surface area (Å²) in [6, 6.07) is 15.3. The summed E-state index contributed by atoms with van der Waals surface area (Å²) in [4.78, 5) is 16.6. The zero-order valence-corrected chi connectivity index (χ0v) is 22.3. The van der Waals surface area contributed by atoms with Gasteiger partial charge >= 0.3 is 6.18 Å². The third-order valence-corrected chi connectivity index (χ3v) is 6.59. The molecule has 0 bridgehead atoms. The van der Waals surface area contributed by atoms with E-state index in [4.69, 9.17) is 4.98 Å². The van der Waals surface area contributed by atoms with E-state index in [1.807, 2.05) is 74.6 Å². The zero-order valence-electron chi connectivity index (χ0n) is 22.3. The molecule has 0 amide bonds. The fraction of sp³-hybridized carbons (Fsp3) is 0.286. The largest absolute Gasteiger partial charge is 0.405 e. The van der Waals surface area contributed by atoms with Crippen LogP contribution < -0.4 is 15.5 Å². The van der Waals surface area contributed by atoms with Gasteiger partial charge in [-0.15, -0.1) is 0 Å². The summed E-state index contributed by atoms with van der Waals surface area (Å²) >= 11 is 0.